The number of aromatic nitrogens is 3. The Kier molecular flexibility index (Phi) is 19.2. The van der Waals surface area contributed by atoms with E-state index in [1.165, 1.54) is 19.2 Å². The summed E-state index contributed by atoms with van der Waals surface area (Å²) in [5, 5.41) is 18.0. The van der Waals surface area contributed by atoms with Crippen LogP contribution in [0.25, 0.3) is 11.4 Å². The standard InChI is InChI=1S/C50H62F2N10O8/c1-32(2)43(57-39(63)16-11-8-12-26-60-41(65)23-24-42(60)66)47(67)55-29-40(64)56-36-20-17-34(18-21-36)31-70-49(69)54-25-13-27-61(48(68)53-6)44(50(3,4)5)46-58-45(37-28-35(51)19-22-38(37)52)59-62(46)30-33-14-9-7-10-15-33/h7,9-10,14-15,17-24,28,32,43-44H,8,11-13,16,25-27,29-31H2,1-6H3,(H,53,68)(H,54,69)(H,55,67)(H,56,64)(H,57,63). The minimum atomic E-state index is -0.872. The molecule has 0 fully saturated rings. The first-order valence-corrected chi connectivity index (χ1v) is 23.2. The van der Waals surface area contributed by atoms with Crippen LogP contribution in [-0.4, -0.2) is 105 Å². The monoisotopic (exact) mass is 968 g/mol. The SMILES string of the molecule is CNC(=O)N(CCCNC(=O)OCc1ccc(NC(=O)CNC(=O)C(NC(=O)CCCCCN2C(=O)C=CC2=O)C(C)C)cc1)C(c1nc(-c2cc(F)ccc2F)nn1Cc1ccccc1)C(C)(C)C. The fraction of sp³-hybridized carbons (Fsp3) is 0.420. The number of imide groups is 1. The van der Waals surface area contributed by atoms with Crippen LogP contribution in [0.2, 0.25) is 0 Å². The van der Waals surface area contributed by atoms with E-state index in [0.717, 1.165) is 28.7 Å². The summed E-state index contributed by atoms with van der Waals surface area (Å²) in [5.41, 5.74) is 1.17. The maximum absolute atomic E-state index is 15.0. The van der Waals surface area contributed by atoms with Crippen molar-refractivity contribution in [1.82, 2.24) is 45.8 Å². The highest BCUT2D eigenvalue weighted by Gasteiger charge is 2.39. The van der Waals surface area contributed by atoms with Crippen LogP contribution in [0.15, 0.2) is 84.9 Å². The lowest BCUT2D eigenvalue weighted by Gasteiger charge is -2.39. The second kappa shape index (κ2) is 25.2. The molecule has 0 bridgehead atoms. The molecule has 2 heterocycles. The molecule has 0 radical (unpaired) electrons. The summed E-state index contributed by atoms with van der Waals surface area (Å²) in [7, 11) is 1.50. The summed E-state index contributed by atoms with van der Waals surface area (Å²) < 4.78 is 36.4. The molecule has 5 N–H and O–H groups in total. The van der Waals surface area contributed by atoms with E-state index in [9.17, 15) is 38.0 Å². The molecule has 0 aliphatic carbocycles. The van der Waals surface area contributed by atoms with Crippen molar-refractivity contribution >= 4 is 47.3 Å². The second-order valence-electron chi connectivity index (χ2n) is 18.2. The summed E-state index contributed by atoms with van der Waals surface area (Å²) in [5.74, 6) is -3.34. The number of hydrogen-bond donors (Lipinski definition) is 5. The van der Waals surface area contributed by atoms with Crippen molar-refractivity contribution in [3.8, 4) is 11.4 Å². The number of nitrogens with one attached hydrogen (secondary N) is 5. The van der Waals surface area contributed by atoms with Gasteiger partial charge in [0.2, 0.25) is 17.7 Å². The number of ether oxygens (including phenoxy) is 1. The lowest BCUT2D eigenvalue weighted by molar-refractivity contribution is -0.137. The Bertz CT molecular complexity index is 2490. The van der Waals surface area contributed by atoms with Gasteiger partial charge < -0.3 is 36.2 Å². The molecule has 2 atom stereocenters. The number of carbonyl (C=O) groups excluding carboxylic acids is 7. The molecule has 3 aromatic carbocycles. The second-order valence-corrected chi connectivity index (χ2v) is 18.2. The average molecular weight is 969 g/mol. The Morgan fingerprint density at radius 2 is 1.53 bits per heavy atom. The van der Waals surface area contributed by atoms with Gasteiger partial charge in [0, 0.05) is 50.9 Å². The highest BCUT2D eigenvalue weighted by molar-refractivity contribution is 6.12. The summed E-state index contributed by atoms with van der Waals surface area (Å²) in [6.45, 7) is 9.71. The number of benzene rings is 3. The lowest BCUT2D eigenvalue weighted by atomic mass is 9.84. The first-order chi connectivity index (χ1) is 33.3. The molecule has 0 saturated carbocycles. The highest BCUT2D eigenvalue weighted by atomic mass is 19.1. The molecule has 70 heavy (non-hydrogen) atoms. The fourth-order valence-corrected chi connectivity index (χ4v) is 7.67. The van der Waals surface area contributed by atoms with Gasteiger partial charge in [-0.15, -0.1) is 0 Å². The largest absolute Gasteiger partial charge is 0.445 e. The van der Waals surface area contributed by atoms with E-state index in [0.29, 0.717) is 42.8 Å². The molecule has 4 aromatic rings. The van der Waals surface area contributed by atoms with E-state index >= 15 is 4.39 Å². The Morgan fingerprint density at radius 1 is 0.829 bits per heavy atom. The van der Waals surface area contributed by atoms with Gasteiger partial charge in [0.15, 0.2) is 11.6 Å². The van der Waals surface area contributed by atoms with Gasteiger partial charge in [0.25, 0.3) is 11.8 Å². The van der Waals surface area contributed by atoms with Crippen LogP contribution < -0.4 is 26.6 Å². The summed E-state index contributed by atoms with van der Waals surface area (Å²) in [4.78, 5) is 95.4. The van der Waals surface area contributed by atoms with Gasteiger partial charge in [0.1, 0.15) is 24.3 Å². The van der Waals surface area contributed by atoms with Gasteiger partial charge in [-0.25, -0.2) is 28.0 Å². The van der Waals surface area contributed by atoms with Crippen molar-refractivity contribution in [2.45, 2.75) is 92.0 Å². The van der Waals surface area contributed by atoms with Crippen LogP contribution in [0.1, 0.15) is 89.7 Å². The smallest absolute Gasteiger partial charge is 0.407 e. The number of halogens is 2. The van der Waals surface area contributed by atoms with E-state index in [4.69, 9.17) is 9.72 Å². The molecule has 1 aliphatic heterocycles. The Balaban J connectivity index is 1.08. The van der Waals surface area contributed by atoms with Crippen LogP contribution in [0.5, 0.6) is 0 Å². The molecule has 8 amide bonds. The molecule has 0 spiro atoms. The number of rotatable bonds is 23. The predicted octanol–water partition coefficient (Wildman–Crippen LogP) is 6.00. The van der Waals surface area contributed by atoms with Gasteiger partial charge in [-0.2, -0.15) is 5.10 Å². The maximum Gasteiger partial charge on any atom is 0.407 e. The topological polar surface area (TPSA) is 226 Å². The quantitative estimate of drug-likeness (QED) is 0.0431. The van der Waals surface area contributed by atoms with Gasteiger partial charge in [-0.05, 0) is 72.1 Å². The number of carbonyl (C=O) groups is 7. The van der Waals surface area contributed by atoms with Crippen LogP contribution in [-0.2, 0) is 41.9 Å². The van der Waals surface area contributed by atoms with E-state index in [-0.39, 0.29) is 80.8 Å². The molecule has 1 aromatic heterocycles. The van der Waals surface area contributed by atoms with Crippen LogP contribution in [0.3, 0.4) is 0 Å². The molecule has 2 unspecified atom stereocenters. The zero-order chi connectivity index (χ0) is 51.0. The van der Waals surface area contributed by atoms with Gasteiger partial charge in [-0.1, -0.05) is 83.5 Å². The number of urea groups is 1. The van der Waals surface area contributed by atoms with Crippen molar-refractivity contribution in [3.05, 3.63) is 114 Å². The zero-order valence-electron chi connectivity index (χ0n) is 40.4. The molecular weight excluding hydrogens is 907 g/mol. The third kappa shape index (κ3) is 15.5. The Morgan fingerprint density at radius 3 is 2.19 bits per heavy atom. The number of anilines is 1. The predicted molar refractivity (Wildman–Crippen MR) is 256 cm³/mol. The number of unbranched alkanes of at least 4 members (excludes halogenated alkanes) is 2. The first-order valence-electron chi connectivity index (χ1n) is 23.2. The molecule has 18 nitrogen and oxygen atoms in total. The Hall–Kier alpha value is -7.51. The average Bonchev–Trinajstić information content (AvgIpc) is 3.88. The van der Waals surface area contributed by atoms with E-state index < -0.39 is 53.1 Å². The van der Waals surface area contributed by atoms with Gasteiger partial charge >= 0.3 is 12.1 Å². The van der Waals surface area contributed by atoms with Crippen molar-refractivity contribution in [3.63, 3.8) is 0 Å². The molecule has 5 rings (SSSR count). The van der Waals surface area contributed by atoms with Gasteiger partial charge in [-0.3, -0.25) is 28.9 Å². The molecule has 20 heteroatoms. The fourth-order valence-electron chi connectivity index (χ4n) is 7.67. The number of hydrogen-bond acceptors (Lipinski definition) is 10. The molecule has 374 valence electrons. The summed E-state index contributed by atoms with van der Waals surface area (Å²) in [6, 6.07) is 17.0. The van der Waals surface area contributed by atoms with Crippen molar-refractivity contribution in [1.29, 1.82) is 0 Å². The van der Waals surface area contributed by atoms with Crippen LogP contribution in [0, 0.1) is 23.0 Å². The summed E-state index contributed by atoms with van der Waals surface area (Å²) >= 11 is 0. The Labute approximate surface area is 406 Å². The van der Waals surface area contributed by atoms with Crippen molar-refractivity contribution in [2.75, 3.05) is 38.5 Å². The van der Waals surface area contributed by atoms with Crippen LogP contribution in [0.4, 0.5) is 24.1 Å². The number of amides is 8. The van der Waals surface area contributed by atoms with Crippen molar-refractivity contribution in [2.24, 2.45) is 11.3 Å². The minimum Gasteiger partial charge on any atom is -0.445 e. The summed E-state index contributed by atoms with van der Waals surface area (Å²) in [6.07, 6.45) is 3.88. The third-order valence-electron chi connectivity index (χ3n) is 11.2. The lowest BCUT2D eigenvalue weighted by Crippen LogP contribution is -2.51. The zero-order valence-corrected chi connectivity index (χ0v) is 40.4. The van der Waals surface area contributed by atoms with Gasteiger partial charge in [0.05, 0.1) is 24.7 Å². The number of nitrogens with zero attached hydrogens (tertiary/aromatic N) is 5. The number of alkyl carbamates (subject to hydrolysis) is 1. The minimum absolute atomic E-state index is 0.0336. The molecule has 1 aliphatic rings. The highest BCUT2D eigenvalue weighted by Crippen LogP contribution is 2.39. The van der Waals surface area contributed by atoms with E-state index in [1.54, 1.807) is 47.7 Å². The maximum atomic E-state index is 15.0. The van der Waals surface area contributed by atoms with Crippen molar-refractivity contribution < 1.29 is 47.1 Å². The first kappa shape index (κ1) is 53.4. The molecular formula is C50H62F2N10O8. The molecule has 0 saturated heterocycles. The third-order valence-corrected chi connectivity index (χ3v) is 11.2. The van der Waals surface area contributed by atoms with Crippen LogP contribution >= 0.6 is 0 Å². The van der Waals surface area contributed by atoms with E-state index in [1.807, 2.05) is 51.1 Å². The normalized spacial score (nSPS) is 13.2. The van der Waals surface area contributed by atoms with E-state index in [2.05, 4.69) is 31.7 Å².